The third-order valence-electron chi connectivity index (χ3n) is 4.83. The number of nitrogens with zero attached hydrogens (tertiary/aromatic N) is 2. The molecule has 4 aromatic rings. The maximum Gasteiger partial charge on any atom is 0.421 e. The van der Waals surface area contributed by atoms with Crippen LogP contribution in [0.25, 0.3) is 21.7 Å². The Bertz CT molecular complexity index is 1210. The molecule has 0 saturated carbocycles. The van der Waals surface area contributed by atoms with E-state index in [4.69, 9.17) is 9.72 Å². The van der Waals surface area contributed by atoms with Crippen molar-refractivity contribution in [3.05, 3.63) is 90.5 Å². The molecule has 1 amide bonds. The van der Waals surface area contributed by atoms with Gasteiger partial charge in [-0.25, -0.2) is 14.7 Å². The highest BCUT2D eigenvalue weighted by Gasteiger charge is 2.29. The number of ether oxygens (including phenoxy) is 1. The van der Waals surface area contributed by atoms with E-state index in [9.17, 15) is 4.79 Å². The second kappa shape index (κ2) is 8.97. The van der Waals surface area contributed by atoms with Crippen LogP contribution in [0.4, 0.5) is 15.6 Å². The van der Waals surface area contributed by atoms with Gasteiger partial charge in [-0.2, -0.15) is 0 Å². The fraction of sp³-hybridized carbons (Fsp3) is 0.185. The molecule has 0 bridgehead atoms. The molecule has 5 heteroatoms. The molecule has 0 aliphatic rings. The van der Waals surface area contributed by atoms with E-state index < -0.39 is 11.7 Å². The molecule has 0 fully saturated rings. The first-order valence-electron chi connectivity index (χ1n) is 10.5. The van der Waals surface area contributed by atoms with Crippen molar-refractivity contribution in [2.24, 2.45) is 0 Å². The molecule has 0 spiro atoms. The van der Waals surface area contributed by atoms with Gasteiger partial charge in [0, 0.05) is 5.56 Å². The van der Waals surface area contributed by atoms with Gasteiger partial charge in [-0.3, -0.25) is 0 Å². The zero-order valence-electron chi connectivity index (χ0n) is 18.7. The molecule has 1 heterocycles. The van der Waals surface area contributed by atoms with Crippen LogP contribution in [0.2, 0.25) is 0 Å². The molecular weight excluding hydrogens is 416 g/mol. The van der Waals surface area contributed by atoms with Crippen LogP contribution < -0.4 is 4.90 Å². The maximum atomic E-state index is 13.3. The molecule has 0 saturated heterocycles. The minimum absolute atomic E-state index is 0.451. The molecule has 1 aromatic heterocycles. The summed E-state index contributed by atoms with van der Waals surface area (Å²) in [5.74, 6) is 0. The van der Waals surface area contributed by atoms with Crippen LogP contribution in [-0.2, 0) is 4.74 Å². The monoisotopic (exact) mass is 442 g/mol. The van der Waals surface area contributed by atoms with Crippen LogP contribution >= 0.6 is 11.3 Å². The van der Waals surface area contributed by atoms with Crippen molar-refractivity contribution < 1.29 is 9.53 Å². The summed E-state index contributed by atoms with van der Waals surface area (Å²) in [6.07, 6.45) is -0.451. The highest BCUT2D eigenvalue weighted by Crippen LogP contribution is 2.43. The molecule has 32 heavy (non-hydrogen) atoms. The highest BCUT2D eigenvalue weighted by atomic mass is 32.1. The first kappa shape index (κ1) is 21.8. The third-order valence-corrected chi connectivity index (χ3v) is 5.92. The summed E-state index contributed by atoms with van der Waals surface area (Å²) in [5, 5.41) is 0.572. The number of amides is 1. The van der Waals surface area contributed by atoms with E-state index in [-0.39, 0.29) is 0 Å². The van der Waals surface area contributed by atoms with Crippen LogP contribution in [0.3, 0.4) is 0 Å². The summed E-state index contributed by atoms with van der Waals surface area (Å²) in [4.78, 5) is 20.9. The standard InChI is InChI=1S/C27H26N2O2S/c1-19-13-11-12-18-22(19)23-24(20-14-7-5-8-15-20)32-25(28-23)29(21-16-9-6-10-17-21)26(30)31-27(2,3)4/h5-18H,1-4H3. The van der Waals surface area contributed by atoms with Gasteiger partial charge in [0.05, 0.1) is 16.3 Å². The van der Waals surface area contributed by atoms with Crippen LogP contribution in [0.15, 0.2) is 84.9 Å². The first-order valence-corrected chi connectivity index (χ1v) is 11.4. The average molecular weight is 443 g/mol. The minimum Gasteiger partial charge on any atom is -0.443 e. The van der Waals surface area contributed by atoms with Gasteiger partial charge in [-0.05, 0) is 51.0 Å². The van der Waals surface area contributed by atoms with Gasteiger partial charge in [0.2, 0.25) is 5.13 Å². The minimum atomic E-state index is -0.623. The Morgan fingerprint density at radius 2 is 1.47 bits per heavy atom. The predicted octanol–water partition coefficient (Wildman–Crippen LogP) is 7.86. The molecule has 3 aromatic carbocycles. The number of hydrogen-bond acceptors (Lipinski definition) is 4. The summed E-state index contributed by atoms with van der Waals surface area (Å²) in [5.41, 5.74) is 4.19. The Labute approximate surface area is 193 Å². The van der Waals surface area contributed by atoms with E-state index in [0.29, 0.717) is 10.8 Å². The number of aromatic nitrogens is 1. The number of para-hydroxylation sites is 1. The summed E-state index contributed by atoms with van der Waals surface area (Å²) in [6, 6.07) is 27.8. The Balaban J connectivity index is 1.91. The van der Waals surface area contributed by atoms with Crippen LogP contribution in [0.5, 0.6) is 0 Å². The van der Waals surface area contributed by atoms with E-state index >= 15 is 0 Å². The van der Waals surface area contributed by atoms with Gasteiger partial charge in [0.25, 0.3) is 0 Å². The van der Waals surface area contributed by atoms with Crippen LogP contribution in [0.1, 0.15) is 26.3 Å². The van der Waals surface area contributed by atoms with E-state index in [0.717, 1.165) is 27.3 Å². The molecule has 4 nitrogen and oxygen atoms in total. The van der Waals surface area contributed by atoms with E-state index in [1.165, 1.54) is 11.3 Å². The van der Waals surface area contributed by atoms with E-state index in [1.807, 2.05) is 81.4 Å². The molecule has 162 valence electrons. The second-order valence-corrected chi connectivity index (χ2v) is 9.48. The highest BCUT2D eigenvalue weighted by molar-refractivity contribution is 7.19. The Hall–Kier alpha value is -3.44. The number of carbonyl (C=O) groups excluding carboxylic acids is 1. The summed E-state index contributed by atoms with van der Waals surface area (Å²) >= 11 is 1.49. The predicted molar refractivity (Wildman–Crippen MR) is 133 cm³/mol. The quantitative estimate of drug-likeness (QED) is 0.323. The SMILES string of the molecule is Cc1ccccc1-c1nc(N(C(=O)OC(C)(C)C)c2ccccc2)sc1-c1ccccc1. The molecule has 0 aliphatic carbocycles. The molecule has 0 unspecified atom stereocenters. The molecule has 4 rings (SSSR count). The number of thiazole rings is 1. The summed E-state index contributed by atoms with van der Waals surface area (Å²) < 4.78 is 5.75. The van der Waals surface area contributed by atoms with Gasteiger partial charge < -0.3 is 4.74 Å². The Morgan fingerprint density at radius 1 is 0.875 bits per heavy atom. The third kappa shape index (κ3) is 4.73. The maximum absolute atomic E-state index is 13.3. The van der Waals surface area contributed by atoms with Crippen molar-refractivity contribution in [1.29, 1.82) is 0 Å². The van der Waals surface area contributed by atoms with Gasteiger partial charge in [-0.15, -0.1) is 0 Å². The largest absolute Gasteiger partial charge is 0.443 e. The Morgan fingerprint density at radius 3 is 2.09 bits per heavy atom. The van der Waals surface area contributed by atoms with Crippen molar-refractivity contribution >= 4 is 28.2 Å². The molecule has 0 atom stereocenters. The van der Waals surface area contributed by atoms with Crippen molar-refractivity contribution in [3.8, 4) is 21.7 Å². The van der Waals surface area contributed by atoms with Crippen molar-refractivity contribution in [2.45, 2.75) is 33.3 Å². The van der Waals surface area contributed by atoms with Gasteiger partial charge >= 0.3 is 6.09 Å². The van der Waals surface area contributed by atoms with E-state index in [2.05, 4.69) is 31.2 Å². The van der Waals surface area contributed by atoms with Crippen LogP contribution in [-0.4, -0.2) is 16.7 Å². The van der Waals surface area contributed by atoms with Gasteiger partial charge in [0.1, 0.15) is 5.60 Å². The lowest BCUT2D eigenvalue weighted by atomic mass is 10.0. The second-order valence-electron chi connectivity index (χ2n) is 8.51. The summed E-state index contributed by atoms with van der Waals surface area (Å²) in [6.45, 7) is 7.67. The first-order chi connectivity index (χ1) is 15.3. The van der Waals surface area contributed by atoms with Crippen LogP contribution in [0, 0.1) is 6.92 Å². The van der Waals surface area contributed by atoms with Crippen molar-refractivity contribution in [3.63, 3.8) is 0 Å². The fourth-order valence-corrected chi connectivity index (χ4v) is 4.49. The molecular formula is C27H26N2O2S. The number of rotatable bonds is 4. The normalized spacial score (nSPS) is 11.2. The lowest BCUT2D eigenvalue weighted by Gasteiger charge is -2.25. The molecule has 0 aliphatic heterocycles. The number of benzene rings is 3. The lowest BCUT2D eigenvalue weighted by Crippen LogP contribution is -2.33. The summed E-state index contributed by atoms with van der Waals surface area (Å²) in [7, 11) is 0. The number of anilines is 2. The average Bonchev–Trinajstić information content (AvgIpc) is 3.19. The van der Waals surface area contributed by atoms with E-state index in [1.54, 1.807) is 4.90 Å². The fourth-order valence-electron chi connectivity index (χ4n) is 3.39. The Kier molecular flexibility index (Phi) is 6.10. The topological polar surface area (TPSA) is 42.4 Å². The number of aryl methyl sites for hydroxylation is 1. The zero-order chi connectivity index (χ0) is 22.7. The number of hydrogen-bond donors (Lipinski definition) is 0. The molecule has 0 N–H and O–H groups in total. The number of carbonyl (C=O) groups is 1. The lowest BCUT2D eigenvalue weighted by molar-refractivity contribution is 0.0599. The smallest absolute Gasteiger partial charge is 0.421 e. The zero-order valence-corrected chi connectivity index (χ0v) is 19.5. The van der Waals surface area contributed by atoms with Crippen molar-refractivity contribution in [2.75, 3.05) is 4.90 Å². The van der Waals surface area contributed by atoms with Gasteiger partial charge in [0.15, 0.2) is 0 Å². The van der Waals surface area contributed by atoms with Crippen molar-refractivity contribution in [1.82, 2.24) is 4.98 Å². The van der Waals surface area contributed by atoms with Gasteiger partial charge in [-0.1, -0.05) is 84.1 Å². The molecule has 0 radical (unpaired) electrons.